The molecule has 0 bridgehead atoms. The van der Waals surface area contributed by atoms with Crippen molar-refractivity contribution in [2.75, 3.05) is 24.6 Å². The van der Waals surface area contributed by atoms with E-state index in [9.17, 15) is 4.79 Å². The van der Waals surface area contributed by atoms with Gasteiger partial charge in [-0.2, -0.15) is 0 Å². The molecule has 112 valence electrons. The van der Waals surface area contributed by atoms with E-state index in [2.05, 4.69) is 26.0 Å². The number of carbonyl (C=O) groups excluding carboxylic acids is 1. The van der Waals surface area contributed by atoms with Crippen LogP contribution in [-0.2, 0) is 4.79 Å². The zero-order valence-electron chi connectivity index (χ0n) is 11.4. The van der Waals surface area contributed by atoms with E-state index in [0.717, 1.165) is 0 Å². The number of azide groups is 1. The second-order valence-electron chi connectivity index (χ2n) is 4.66. The predicted molar refractivity (Wildman–Crippen MR) is 84.8 cm³/mol. The molecule has 21 heavy (non-hydrogen) atoms. The van der Waals surface area contributed by atoms with Gasteiger partial charge in [0.2, 0.25) is 5.91 Å². The molecule has 8 heteroatoms. The number of benzene rings is 1. The Morgan fingerprint density at radius 3 is 3.05 bits per heavy atom. The molecule has 0 spiro atoms. The van der Waals surface area contributed by atoms with Crippen molar-refractivity contribution in [3.05, 3.63) is 32.1 Å². The first-order valence-electron chi connectivity index (χ1n) is 6.49. The Balaban J connectivity index is 2.32. The SMILES string of the molecule is CCOc1c(Br)cc(Cl)cc1N1CC(CN=[N+]=[N-])CC1=O. The summed E-state index contributed by atoms with van der Waals surface area (Å²) in [4.78, 5) is 16.6. The number of hydrogen-bond acceptors (Lipinski definition) is 3. The molecule has 1 unspecified atom stereocenters. The molecule has 0 aliphatic carbocycles. The Kier molecular flexibility index (Phi) is 5.33. The summed E-state index contributed by atoms with van der Waals surface area (Å²) in [6.45, 7) is 3.16. The fourth-order valence-corrected chi connectivity index (χ4v) is 3.23. The third kappa shape index (κ3) is 3.61. The third-order valence-corrected chi connectivity index (χ3v) is 3.98. The number of anilines is 1. The van der Waals surface area contributed by atoms with E-state index in [4.69, 9.17) is 21.9 Å². The van der Waals surface area contributed by atoms with Crippen molar-refractivity contribution in [3.63, 3.8) is 0 Å². The highest BCUT2D eigenvalue weighted by atomic mass is 79.9. The monoisotopic (exact) mass is 372 g/mol. The Morgan fingerprint density at radius 1 is 1.62 bits per heavy atom. The molecule has 1 saturated heterocycles. The number of amides is 1. The normalized spacial score (nSPS) is 17.8. The lowest BCUT2D eigenvalue weighted by atomic mass is 10.1. The summed E-state index contributed by atoms with van der Waals surface area (Å²) >= 11 is 9.49. The number of halogens is 2. The predicted octanol–water partition coefficient (Wildman–Crippen LogP) is 4.16. The molecule has 0 aromatic heterocycles. The van der Waals surface area contributed by atoms with Gasteiger partial charge in [0, 0.05) is 29.4 Å². The van der Waals surface area contributed by atoms with Gasteiger partial charge in [-0.05, 0) is 46.4 Å². The van der Waals surface area contributed by atoms with Gasteiger partial charge < -0.3 is 9.64 Å². The topological polar surface area (TPSA) is 78.3 Å². The smallest absolute Gasteiger partial charge is 0.227 e. The van der Waals surface area contributed by atoms with Crippen LogP contribution in [0.25, 0.3) is 10.4 Å². The second-order valence-corrected chi connectivity index (χ2v) is 5.95. The Hall–Kier alpha value is -1.43. The van der Waals surface area contributed by atoms with Gasteiger partial charge in [0.05, 0.1) is 16.8 Å². The van der Waals surface area contributed by atoms with Crippen LogP contribution < -0.4 is 9.64 Å². The molecule has 1 aromatic carbocycles. The van der Waals surface area contributed by atoms with Gasteiger partial charge in [-0.1, -0.05) is 16.7 Å². The van der Waals surface area contributed by atoms with Gasteiger partial charge in [0.25, 0.3) is 0 Å². The lowest BCUT2D eigenvalue weighted by Crippen LogP contribution is -2.25. The van der Waals surface area contributed by atoms with Crippen molar-refractivity contribution < 1.29 is 9.53 Å². The average molecular weight is 374 g/mol. The lowest BCUT2D eigenvalue weighted by Gasteiger charge is -2.21. The van der Waals surface area contributed by atoms with E-state index in [1.165, 1.54) is 0 Å². The fraction of sp³-hybridized carbons (Fsp3) is 0.462. The van der Waals surface area contributed by atoms with Crippen LogP contribution in [0.4, 0.5) is 5.69 Å². The van der Waals surface area contributed by atoms with Crippen molar-refractivity contribution in [2.45, 2.75) is 13.3 Å². The zero-order valence-corrected chi connectivity index (χ0v) is 13.8. The van der Waals surface area contributed by atoms with Crippen molar-refractivity contribution >= 4 is 39.1 Å². The van der Waals surface area contributed by atoms with Crippen LogP contribution in [-0.4, -0.2) is 25.6 Å². The number of hydrogen-bond donors (Lipinski definition) is 0. The highest BCUT2D eigenvalue weighted by molar-refractivity contribution is 9.10. The van der Waals surface area contributed by atoms with Gasteiger partial charge in [0.15, 0.2) is 5.75 Å². The maximum absolute atomic E-state index is 12.2. The molecule has 0 radical (unpaired) electrons. The standard InChI is InChI=1S/C13H14BrClN4O2/c1-2-21-13-10(14)4-9(15)5-11(13)19-7-8(3-12(19)20)6-17-18-16/h4-5,8H,2-3,6-7H2,1H3. The molecule has 2 rings (SSSR count). The Labute approximate surface area is 135 Å². The first-order valence-corrected chi connectivity index (χ1v) is 7.67. The first kappa shape index (κ1) is 15.9. The molecular weight excluding hydrogens is 360 g/mol. The van der Waals surface area contributed by atoms with Crippen molar-refractivity contribution in [2.24, 2.45) is 11.0 Å². The van der Waals surface area contributed by atoms with Crippen LogP contribution in [0.2, 0.25) is 5.02 Å². The number of ether oxygens (including phenoxy) is 1. The van der Waals surface area contributed by atoms with Crippen molar-refractivity contribution in [3.8, 4) is 5.75 Å². The van der Waals surface area contributed by atoms with Crippen LogP contribution in [0.3, 0.4) is 0 Å². The molecule has 1 aliphatic rings. The number of rotatable bonds is 5. The van der Waals surface area contributed by atoms with Crippen LogP contribution in [0.1, 0.15) is 13.3 Å². The maximum atomic E-state index is 12.2. The molecule has 0 saturated carbocycles. The van der Waals surface area contributed by atoms with Gasteiger partial charge in [-0.15, -0.1) is 0 Å². The van der Waals surface area contributed by atoms with E-state index in [0.29, 0.717) is 47.0 Å². The molecule has 1 amide bonds. The van der Waals surface area contributed by atoms with E-state index in [-0.39, 0.29) is 11.8 Å². The lowest BCUT2D eigenvalue weighted by molar-refractivity contribution is -0.117. The second kappa shape index (κ2) is 7.02. The van der Waals surface area contributed by atoms with Crippen molar-refractivity contribution in [1.29, 1.82) is 0 Å². The van der Waals surface area contributed by atoms with Crippen LogP contribution >= 0.6 is 27.5 Å². The molecule has 1 aliphatic heterocycles. The molecule has 6 nitrogen and oxygen atoms in total. The van der Waals surface area contributed by atoms with E-state index < -0.39 is 0 Å². The number of carbonyl (C=O) groups is 1. The average Bonchev–Trinajstić information content (AvgIpc) is 2.80. The summed E-state index contributed by atoms with van der Waals surface area (Å²) < 4.78 is 6.33. The van der Waals surface area contributed by atoms with Gasteiger partial charge in [-0.25, -0.2) is 0 Å². The fourth-order valence-electron chi connectivity index (χ4n) is 2.32. The van der Waals surface area contributed by atoms with Gasteiger partial charge in [-0.3, -0.25) is 4.79 Å². The van der Waals surface area contributed by atoms with Crippen molar-refractivity contribution in [1.82, 2.24) is 0 Å². The maximum Gasteiger partial charge on any atom is 0.227 e. The largest absolute Gasteiger partial charge is 0.490 e. The summed E-state index contributed by atoms with van der Waals surface area (Å²) in [6, 6.07) is 3.44. The molecule has 0 N–H and O–H groups in total. The van der Waals surface area contributed by atoms with Crippen LogP contribution in [0.5, 0.6) is 5.75 Å². The Morgan fingerprint density at radius 2 is 2.38 bits per heavy atom. The minimum Gasteiger partial charge on any atom is -0.490 e. The highest BCUT2D eigenvalue weighted by Gasteiger charge is 2.32. The molecule has 1 atom stereocenters. The summed E-state index contributed by atoms with van der Waals surface area (Å²) in [5.74, 6) is 0.587. The molecule has 1 heterocycles. The van der Waals surface area contributed by atoms with Crippen LogP contribution in [0, 0.1) is 5.92 Å². The molecule has 1 fully saturated rings. The summed E-state index contributed by atoms with van der Waals surface area (Å²) in [7, 11) is 0. The minimum absolute atomic E-state index is 0.0145. The highest BCUT2D eigenvalue weighted by Crippen LogP contribution is 2.41. The molecular formula is C13H14BrClN4O2. The van der Waals surface area contributed by atoms with E-state index in [1.807, 2.05) is 6.92 Å². The summed E-state index contributed by atoms with van der Waals surface area (Å²) in [5, 5.41) is 4.07. The van der Waals surface area contributed by atoms with E-state index in [1.54, 1.807) is 17.0 Å². The van der Waals surface area contributed by atoms with Crippen LogP contribution in [0.15, 0.2) is 21.7 Å². The summed E-state index contributed by atoms with van der Waals surface area (Å²) in [6.07, 6.45) is 0.356. The van der Waals surface area contributed by atoms with Gasteiger partial charge >= 0.3 is 0 Å². The zero-order chi connectivity index (χ0) is 15.4. The number of nitrogens with zero attached hydrogens (tertiary/aromatic N) is 4. The quantitative estimate of drug-likeness (QED) is 0.441. The van der Waals surface area contributed by atoms with E-state index >= 15 is 0 Å². The van der Waals surface area contributed by atoms with Gasteiger partial charge in [0.1, 0.15) is 0 Å². The summed E-state index contributed by atoms with van der Waals surface area (Å²) in [5.41, 5.74) is 9.02. The Bertz CT molecular complexity index is 604. The molecule has 1 aromatic rings. The first-order chi connectivity index (χ1) is 10.1. The minimum atomic E-state index is -0.0248. The third-order valence-electron chi connectivity index (χ3n) is 3.18.